The maximum atomic E-state index is 5.81. The monoisotopic (exact) mass is 258 g/mol. The quantitative estimate of drug-likeness (QED) is 0.640. The highest BCUT2D eigenvalue weighted by Gasteiger charge is 2.26. The van der Waals surface area contributed by atoms with Crippen molar-refractivity contribution in [2.45, 2.75) is 53.6 Å². The predicted molar refractivity (Wildman–Crippen MR) is 82.2 cm³/mol. The van der Waals surface area contributed by atoms with E-state index in [4.69, 9.17) is 4.74 Å². The van der Waals surface area contributed by atoms with Crippen LogP contribution >= 0.6 is 0 Å². The lowest BCUT2D eigenvalue weighted by Crippen LogP contribution is -2.17. The van der Waals surface area contributed by atoms with Crippen LogP contribution in [0, 0.1) is 5.41 Å². The molecule has 0 fully saturated rings. The summed E-state index contributed by atoms with van der Waals surface area (Å²) in [6.45, 7) is 15.1. The predicted octanol–water partition coefficient (Wildman–Crippen LogP) is 4.94. The van der Waals surface area contributed by atoms with Crippen molar-refractivity contribution in [3.8, 4) is 0 Å². The number of hydrogen-bond donors (Lipinski definition) is 0. The first-order chi connectivity index (χ1) is 8.71. The number of ether oxygens (including phenoxy) is 1. The Morgan fingerprint density at radius 2 is 1.63 bits per heavy atom. The van der Waals surface area contributed by atoms with Gasteiger partial charge in [-0.25, -0.2) is 0 Å². The van der Waals surface area contributed by atoms with Gasteiger partial charge in [-0.15, -0.1) is 0 Å². The maximum absolute atomic E-state index is 5.81. The Bertz CT molecular complexity index is 495. The highest BCUT2D eigenvalue weighted by atomic mass is 16.5. The van der Waals surface area contributed by atoms with Crippen LogP contribution in [0.15, 0.2) is 24.3 Å². The van der Waals surface area contributed by atoms with Gasteiger partial charge in [0.1, 0.15) is 0 Å². The molecule has 0 amide bonds. The van der Waals surface area contributed by atoms with Gasteiger partial charge in [0.2, 0.25) is 0 Å². The number of allylic oxidation sites excluding steroid dienone is 1. The molecule has 1 aliphatic rings. The molecule has 0 spiro atoms. The van der Waals surface area contributed by atoms with E-state index in [0.29, 0.717) is 6.61 Å². The lowest BCUT2D eigenvalue weighted by Gasteiger charge is -2.28. The van der Waals surface area contributed by atoms with E-state index in [9.17, 15) is 0 Å². The second-order valence-corrected chi connectivity index (χ2v) is 7.46. The zero-order valence-corrected chi connectivity index (χ0v) is 13.1. The van der Waals surface area contributed by atoms with Gasteiger partial charge in [-0.2, -0.15) is 0 Å². The molecular weight excluding hydrogens is 232 g/mol. The highest BCUT2D eigenvalue weighted by Crippen LogP contribution is 2.40. The Balaban J connectivity index is 2.64. The highest BCUT2D eigenvalue weighted by molar-refractivity contribution is 5.73. The van der Waals surface area contributed by atoms with Gasteiger partial charge in [-0.3, -0.25) is 0 Å². The van der Waals surface area contributed by atoms with Gasteiger partial charge < -0.3 is 4.74 Å². The fourth-order valence-corrected chi connectivity index (χ4v) is 2.82. The molecule has 0 unspecified atom stereocenters. The third-order valence-corrected chi connectivity index (χ3v) is 3.73. The zero-order valence-electron chi connectivity index (χ0n) is 13.1. The minimum absolute atomic E-state index is 0.152. The Hall–Kier alpha value is -1.08. The number of hydrogen-bond acceptors (Lipinski definition) is 1. The summed E-state index contributed by atoms with van der Waals surface area (Å²) in [6.07, 6.45) is 2.25. The van der Waals surface area contributed by atoms with Crippen molar-refractivity contribution in [3.05, 3.63) is 41.0 Å². The van der Waals surface area contributed by atoms with E-state index < -0.39 is 0 Å². The summed E-state index contributed by atoms with van der Waals surface area (Å²) >= 11 is 0. The van der Waals surface area contributed by atoms with Crippen molar-refractivity contribution < 1.29 is 4.74 Å². The molecule has 1 aliphatic heterocycles. The van der Waals surface area contributed by atoms with E-state index in [1.165, 1.54) is 22.3 Å². The Morgan fingerprint density at radius 1 is 0.947 bits per heavy atom. The number of benzene rings is 1. The van der Waals surface area contributed by atoms with Crippen LogP contribution in [0.25, 0.3) is 5.57 Å². The molecule has 0 atom stereocenters. The largest absolute Gasteiger partial charge is 0.373 e. The van der Waals surface area contributed by atoms with Gasteiger partial charge in [0.25, 0.3) is 0 Å². The first kappa shape index (κ1) is 14.3. The molecule has 1 aromatic carbocycles. The van der Waals surface area contributed by atoms with Gasteiger partial charge in [-0.1, -0.05) is 65.8 Å². The van der Waals surface area contributed by atoms with Crippen LogP contribution < -0.4 is 0 Å². The van der Waals surface area contributed by atoms with Gasteiger partial charge in [0.05, 0.1) is 13.2 Å². The van der Waals surface area contributed by atoms with E-state index in [-0.39, 0.29) is 10.8 Å². The Kier molecular flexibility index (Phi) is 3.61. The van der Waals surface area contributed by atoms with Crippen molar-refractivity contribution in [1.29, 1.82) is 0 Å². The molecule has 2 rings (SSSR count). The minimum atomic E-state index is 0.152. The molecule has 0 radical (unpaired) electrons. The van der Waals surface area contributed by atoms with Gasteiger partial charge in [0, 0.05) is 0 Å². The molecular formula is C18H26O. The second kappa shape index (κ2) is 4.79. The van der Waals surface area contributed by atoms with E-state index in [2.05, 4.69) is 65.8 Å². The van der Waals surface area contributed by atoms with Crippen LogP contribution in [0.2, 0.25) is 0 Å². The van der Waals surface area contributed by atoms with Gasteiger partial charge in [0.15, 0.2) is 0 Å². The SMILES string of the molecule is CC(C)(C)C1=CCOCc2c1cccc2C(C)(C)C. The topological polar surface area (TPSA) is 9.23 Å². The molecule has 1 heteroatoms. The zero-order chi connectivity index (χ0) is 14.3. The molecule has 1 aromatic rings. The first-order valence-electron chi connectivity index (χ1n) is 7.12. The molecule has 1 heterocycles. The normalized spacial score (nSPS) is 16.6. The second-order valence-electron chi connectivity index (χ2n) is 7.46. The van der Waals surface area contributed by atoms with Crippen LogP contribution in [0.1, 0.15) is 58.2 Å². The number of fused-ring (bicyclic) bond motifs is 1. The molecule has 104 valence electrons. The lowest BCUT2D eigenvalue weighted by atomic mass is 9.76. The average Bonchev–Trinajstić information content (AvgIpc) is 2.47. The number of rotatable bonds is 0. The minimum Gasteiger partial charge on any atom is -0.373 e. The summed E-state index contributed by atoms with van der Waals surface area (Å²) < 4.78 is 5.81. The smallest absolute Gasteiger partial charge is 0.0729 e. The molecule has 0 saturated heterocycles. The van der Waals surface area contributed by atoms with Crippen LogP contribution in [-0.2, 0) is 16.8 Å². The van der Waals surface area contributed by atoms with E-state index in [0.717, 1.165) is 6.61 Å². The summed E-state index contributed by atoms with van der Waals surface area (Å²) in [6, 6.07) is 6.68. The molecule has 19 heavy (non-hydrogen) atoms. The summed E-state index contributed by atoms with van der Waals surface area (Å²) in [5, 5.41) is 0. The third kappa shape index (κ3) is 2.92. The van der Waals surface area contributed by atoms with Crippen LogP contribution in [0.3, 0.4) is 0 Å². The van der Waals surface area contributed by atoms with E-state index in [1.54, 1.807) is 0 Å². The van der Waals surface area contributed by atoms with Crippen molar-refractivity contribution in [1.82, 2.24) is 0 Å². The van der Waals surface area contributed by atoms with Crippen molar-refractivity contribution >= 4 is 5.57 Å². The standard InChI is InChI=1S/C18H26O/c1-17(2,3)15-9-7-8-13-14(15)12-19-11-10-16(13)18(4,5)6/h7-10H,11-12H2,1-6H3. The Morgan fingerprint density at radius 3 is 2.21 bits per heavy atom. The average molecular weight is 258 g/mol. The van der Waals surface area contributed by atoms with Crippen LogP contribution in [0.4, 0.5) is 0 Å². The molecule has 0 aliphatic carbocycles. The summed E-state index contributed by atoms with van der Waals surface area (Å²) in [5.41, 5.74) is 5.86. The molecule has 0 N–H and O–H groups in total. The first-order valence-corrected chi connectivity index (χ1v) is 7.12. The lowest BCUT2D eigenvalue weighted by molar-refractivity contribution is 0.149. The summed E-state index contributed by atoms with van der Waals surface area (Å²) in [4.78, 5) is 0. The summed E-state index contributed by atoms with van der Waals surface area (Å²) in [5.74, 6) is 0. The van der Waals surface area contributed by atoms with Crippen LogP contribution in [0.5, 0.6) is 0 Å². The molecule has 1 nitrogen and oxygen atoms in total. The van der Waals surface area contributed by atoms with Crippen molar-refractivity contribution in [2.75, 3.05) is 6.61 Å². The fraction of sp³-hybridized carbons (Fsp3) is 0.556. The molecule has 0 bridgehead atoms. The van der Waals surface area contributed by atoms with Crippen LogP contribution in [-0.4, -0.2) is 6.61 Å². The van der Waals surface area contributed by atoms with Gasteiger partial charge in [-0.05, 0) is 33.1 Å². The summed E-state index contributed by atoms with van der Waals surface area (Å²) in [7, 11) is 0. The Labute approximate surface area is 117 Å². The van der Waals surface area contributed by atoms with E-state index in [1.807, 2.05) is 0 Å². The molecule has 0 aromatic heterocycles. The third-order valence-electron chi connectivity index (χ3n) is 3.73. The fourth-order valence-electron chi connectivity index (χ4n) is 2.82. The van der Waals surface area contributed by atoms with Gasteiger partial charge >= 0.3 is 0 Å². The maximum Gasteiger partial charge on any atom is 0.0729 e. The van der Waals surface area contributed by atoms with Crippen molar-refractivity contribution in [3.63, 3.8) is 0 Å². The molecule has 0 saturated carbocycles. The van der Waals surface area contributed by atoms with E-state index >= 15 is 0 Å². The van der Waals surface area contributed by atoms with Crippen molar-refractivity contribution in [2.24, 2.45) is 5.41 Å².